The van der Waals surface area contributed by atoms with Gasteiger partial charge in [0.05, 0.1) is 5.56 Å². The first-order valence-electron chi connectivity index (χ1n) is 17.4. The van der Waals surface area contributed by atoms with E-state index < -0.39 is 5.97 Å². The van der Waals surface area contributed by atoms with Crippen molar-refractivity contribution in [1.82, 2.24) is 4.90 Å². The number of rotatable bonds is 14. The molecule has 0 unspecified atom stereocenters. The van der Waals surface area contributed by atoms with Crippen LogP contribution in [0.1, 0.15) is 105 Å². The van der Waals surface area contributed by atoms with Crippen LogP contribution in [0.2, 0.25) is 0 Å². The second-order valence-corrected chi connectivity index (χ2v) is 14.0. The third-order valence-corrected chi connectivity index (χ3v) is 10.1. The first-order valence-corrected chi connectivity index (χ1v) is 17.4. The minimum Gasteiger partial charge on any atom is -0.489 e. The maximum atomic E-state index is 13.1. The van der Waals surface area contributed by atoms with Gasteiger partial charge in [0.25, 0.3) is 0 Å². The number of unbranched alkanes of at least 4 members (excludes halogenated alkanes) is 3. The molecule has 4 bridgehead atoms. The van der Waals surface area contributed by atoms with Crippen LogP contribution in [-0.4, -0.2) is 34.0 Å². The molecule has 4 fully saturated rings. The number of hydrogen-bond donors (Lipinski definition) is 2. The fraction of sp³-hybridized carbons (Fsp3) is 0.500. The summed E-state index contributed by atoms with van der Waals surface area (Å²) in [6.45, 7) is 3.82. The van der Waals surface area contributed by atoms with Gasteiger partial charge in [-0.2, -0.15) is 0 Å². The Balaban J connectivity index is 0.000000311. The lowest BCUT2D eigenvalue weighted by Crippen LogP contribution is -2.55. The van der Waals surface area contributed by atoms with Crippen molar-refractivity contribution in [2.45, 2.75) is 103 Å². The van der Waals surface area contributed by atoms with Crippen molar-refractivity contribution in [3.63, 3.8) is 0 Å². The summed E-state index contributed by atoms with van der Waals surface area (Å²) < 4.78 is 5.79. The Hall–Kier alpha value is -3.64. The van der Waals surface area contributed by atoms with Gasteiger partial charge in [-0.25, -0.2) is 4.79 Å². The monoisotopic (exact) mass is 624 g/mol. The van der Waals surface area contributed by atoms with Gasteiger partial charge in [-0.15, -0.1) is 0 Å². The van der Waals surface area contributed by atoms with Crippen molar-refractivity contribution in [3.05, 3.63) is 101 Å². The smallest absolute Gasteiger partial charge is 0.336 e. The quantitative estimate of drug-likeness (QED) is 0.176. The second-order valence-electron chi connectivity index (χ2n) is 14.0. The number of carboxylic acid groups (broad SMARTS) is 1. The summed E-state index contributed by atoms with van der Waals surface area (Å²) in [6, 6.07) is 24.7. The lowest BCUT2D eigenvalue weighted by molar-refractivity contribution is -0.131. The molecule has 0 saturated heterocycles. The molecular weight excluding hydrogens is 572 g/mol. The highest BCUT2D eigenvalue weighted by molar-refractivity contribution is 5.89. The van der Waals surface area contributed by atoms with Crippen LogP contribution in [0.25, 0.3) is 0 Å². The summed E-state index contributed by atoms with van der Waals surface area (Å²) in [5.74, 6) is 2.94. The van der Waals surface area contributed by atoms with Crippen LogP contribution in [0, 0.1) is 17.8 Å². The topological polar surface area (TPSA) is 92.9 Å². The zero-order valence-electron chi connectivity index (χ0n) is 27.5. The van der Waals surface area contributed by atoms with Gasteiger partial charge in [-0.05, 0) is 98.4 Å². The summed E-state index contributed by atoms with van der Waals surface area (Å²) in [4.78, 5) is 26.4. The Morgan fingerprint density at radius 1 is 0.826 bits per heavy atom. The summed E-state index contributed by atoms with van der Waals surface area (Å²) >= 11 is 0. The average molecular weight is 625 g/mol. The molecule has 6 heteroatoms. The van der Waals surface area contributed by atoms with Gasteiger partial charge in [0.1, 0.15) is 12.4 Å². The van der Waals surface area contributed by atoms with Crippen molar-refractivity contribution in [3.8, 4) is 5.75 Å². The predicted molar refractivity (Wildman–Crippen MR) is 184 cm³/mol. The number of nitrogens with zero attached hydrogens (tertiary/aromatic N) is 1. The highest BCUT2D eigenvalue weighted by Crippen LogP contribution is 2.54. The van der Waals surface area contributed by atoms with E-state index in [4.69, 9.17) is 10.5 Å². The molecule has 4 aliphatic carbocycles. The van der Waals surface area contributed by atoms with E-state index >= 15 is 0 Å². The number of carbonyl (C=O) groups excluding carboxylic acids is 1. The molecule has 3 aromatic rings. The molecular formula is C40H52N2O4. The molecule has 0 heterocycles. The van der Waals surface area contributed by atoms with E-state index in [1.807, 2.05) is 47.4 Å². The third-order valence-electron chi connectivity index (χ3n) is 10.1. The van der Waals surface area contributed by atoms with E-state index in [0.29, 0.717) is 36.2 Å². The second kappa shape index (κ2) is 16.3. The van der Waals surface area contributed by atoms with E-state index in [9.17, 15) is 14.7 Å². The number of ether oxygens (including phenoxy) is 1. The summed E-state index contributed by atoms with van der Waals surface area (Å²) in [5, 5.41) is 9.31. The van der Waals surface area contributed by atoms with Crippen LogP contribution < -0.4 is 10.5 Å². The minimum absolute atomic E-state index is 0.177. The number of amides is 1. The van der Waals surface area contributed by atoms with Crippen molar-refractivity contribution in [2.24, 2.45) is 23.5 Å². The lowest BCUT2D eigenvalue weighted by atomic mass is 9.53. The molecule has 0 aromatic heterocycles. The molecule has 4 saturated carbocycles. The van der Waals surface area contributed by atoms with Crippen LogP contribution in [0.5, 0.6) is 5.75 Å². The summed E-state index contributed by atoms with van der Waals surface area (Å²) in [5.41, 5.74) is 9.73. The van der Waals surface area contributed by atoms with Gasteiger partial charge in [0.15, 0.2) is 0 Å². The number of hydrogen-bond acceptors (Lipinski definition) is 4. The molecule has 246 valence electrons. The van der Waals surface area contributed by atoms with Gasteiger partial charge in [-0.3, -0.25) is 4.79 Å². The number of carboxylic acids is 1. The van der Waals surface area contributed by atoms with Crippen LogP contribution in [-0.2, 0) is 24.4 Å². The van der Waals surface area contributed by atoms with Gasteiger partial charge >= 0.3 is 5.97 Å². The molecule has 1 amide bonds. The predicted octanol–water partition coefficient (Wildman–Crippen LogP) is 8.42. The SMILES string of the molecule is CCCCCCN(Cc1ccccc1)C(=O)CCc1ccc(OCc2ccccc2C(=O)O)cc1.NC12CC3CC(CC(C3)C1)C2. The molecule has 0 aliphatic heterocycles. The molecule has 0 spiro atoms. The van der Waals surface area contributed by atoms with E-state index in [1.54, 1.807) is 24.3 Å². The average Bonchev–Trinajstić information content (AvgIpc) is 3.04. The van der Waals surface area contributed by atoms with Crippen molar-refractivity contribution < 1.29 is 19.4 Å². The van der Waals surface area contributed by atoms with Crippen LogP contribution in [0.15, 0.2) is 78.9 Å². The number of benzene rings is 3. The fourth-order valence-electron chi connectivity index (χ4n) is 8.18. The van der Waals surface area contributed by atoms with Crippen LogP contribution in [0.3, 0.4) is 0 Å². The fourth-order valence-corrected chi connectivity index (χ4v) is 8.18. The molecule has 0 radical (unpaired) electrons. The van der Waals surface area contributed by atoms with Crippen molar-refractivity contribution in [2.75, 3.05) is 6.54 Å². The van der Waals surface area contributed by atoms with Crippen molar-refractivity contribution >= 4 is 11.9 Å². The number of carbonyl (C=O) groups is 2. The van der Waals surface area contributed by atoms with E-state index in [0.717, 1.165) is 48.3 Å². The van der Waals surface area contributed by atoms with Crippen LogP contribution >= 0.6 is 0 Å². The van der Waals surface area contributed by atoms with Crippen LogP contribution in [0.4, 0.5) is 0 Å². The third kappa shape index (κ3) is 9.68. The first kappa shape index (κ1) is 33.7. The normalized spacial score (nSPS) is 22.5. The zero-order chi connectivity index (χ0) is 32.4. The maximum absolute atomic E-state index is 13.1. The Morgan fingerprint density at radius 3 is 2.07 bits per heavy atom. The van der Waals surface area contributed by atoms with Gasteiger partial charge in [0, 0.05) is 30.6 Å². The first-order chi connectivity index (χ1) is 22.3. The van der Waals surface area contributed by atoms with Gasteiger partial charge in [0.2, 0.25) is 5.91 Å². The maximum Gasteiger partial charge on any atom is 0.336 e. The van der Waals surface area contributed by atoms with Crippen molar-refractivity contribution in [1.29, 1.82) is 0 Å². The standard InChI is InChI=1S/C30H35NO4.C10H17N/c1-2-3-4-10-21-31(22-25-11-6-5-7-12-25)29(32)20-17-24-15-18-27(19-16-24)35-23-26-13-8-9-14-28(26)30(33)34;11-10-4-7-1-8(5-10)3-9(2-7)6-10/h5-9,11-16,18-19H,2-4,10,17,20-23H2,1H3,(H,33,34);7-9H,1-6,11H2. The molecule has 0 atom stereocenters. The number of aryl methyl sites for hydroxylation is 1. The molecule has 3 aromatic carbocycles. The number of nitrogens with two attached hydrogens (primary N) is 1. The van der Waals surface area contributed by atoms with E-state index in [1.165, 1.54) is 51.4 Å². The largest absolute Gasteiger partial charge is 0.489 e. The van der Waals surface area contributed by atoms with Gasteiger partial charge < -0.3 is 20.5 Å². The summed E-state index contributed by atoms with van der Waals surface area (Å²) in [7, 11) is 0. The van der Waals surface area contributed by atoms with E-state index in [2.05, 4.69) is 19.1 Å². The zero-order valence-corrected chi connectivity index (χ0v) is 27.5. The molecule has 7 rings (SSSR count). The Labute approximate surface area is 275 Å². The Morgan fingerprint density at radius 2 is 1.46 bits per heavy atom. The highest BCUT2D eigenvalue weighted by atomic mass is 16.5. The Bertz CT molecular complexity index is 1370. The summed E-state index contributed by atoms with van der Waals surface area (Å²) in [6.07, 6.45) is 14.3. The minimum atomic E-state index is -0.962. The lowest BCUT2D eigenvalue weighted by Gasteiger charge is -2.55. The highest BCUT2D eigenvalue weighted by Gasteiger charge is 2.48. The van der Waals surface area contributed by atoms with E-state index in [-0.39, 0.29) is 18.1 Å². The Kier molecular flexibility index (Phi) is 11.9. The molecule has 46 heavy (non-hydrogen) atoms. The van der Waals surface area contributed by atoms with Gasteiger partial charge in [-0.1, -0.05) is 86.8 Å². The molecule has 3 N–H and O–H groups in total. The molecule has 4 aliphatic rings. The molecule has 6 nitrogen and oxygen atoms in total. The number of aromatic carboxylic acids is 1.